The van der Waals surface area contributed by atoms with Crippen molar-refractivity contribution in [2.45, 2.75) is 43.7 Å². The first kappa shape index (κ1) is 22.1. The van der Waals surface area contributed by atoms with E-state index < -0.39 is 8.80 Å². The SMILES string of the molecule is CCCCSCc1ccc(CSCCC[Si](OC)(OC)OC)cc1. The predicted molar refractivity (Wildman–Crippen MR) is 110 cm³/mol. The van der Waals surface area contributed by atoms with Gasteiger partial charge in [-0.05, 0) is 35.5 Å². The lowest BCUT2D eigenvalue weighted by atomic mass is 10.2. The standard InChI is InChI=1S/C18H32O3S2Si/c1-5-6-12-22-15-17-8-10-18(11-9-17)16-23-13-7-14-24(19-2,20-3)21-4/h8-11H,5-7,12-16H2,1-4H3. The molecule has 24 heavy (non-hydrogen) atoms. The quantitative estimate of drug-likeness (QED) is 0.322. The van der Waals surface area contributed by atoms with Crippen LogP contribution in [0.1, 0.15) is 37.3 Å². The zero-order valence-electron chi connectivity index (χ0n) is 15.5. The van der Waals surface area contributed by atoms with E-state index in [2.05, 4.69) is 31.2 Å². The Bertz CT molecular complexity index is 417. The van der Waals surface area contributed by atoms with Crippen LogP contribution in [0.4, 0.5) is 0 Å². The number of hydrogen-bond acceptors (Lipinski definition) is 5. The molecule has 1 rings (SSSR count). The van der Waals surface area contributed by atoms with E-state index in [-0.39, 0.29) is 0 Å². The van der Waals surface area contributed by atoms with Crippen molar-refractivity contribution < 1.29 is 13.3 Å². The fourth-order valence-corrected chi connectivity index (χ4v) is 6.27. The highest BCUT2D eigenvalue weighted by atomic mass is 32.2. The molecule has 0 saturated carbocycles. The molecular weight excluding hydrogens is 356 g/mol. The van der Waals surface area contributed by atoms with Gasteiger partial charge in [-0.3, -0.25) is 0 Å². The summed E-state index contributed by atoms with van der Waals surface area (Å²) in [5.41, 5.74) is 2.83. The van der Waals surface area contributed by atoms with Crippen LogP contribution in [-0.4, -0.2) is 41.6 Å². The van der Waals surface area contributed by atoms with E-state index in [0.29, 0.717) is 0 Å². The van der Waals surface area contributed by atoms with Crippen LogP contribution in [0.25, 0.3) is 0 Å². The van der Waals surface area contributed by atoms with E-state index in [1.54, 1.807) is 21.3 Å². The molecule has 0 unspecified atom stereocenters. The van der Waals surface area contributed by atoms with Crippen LogP contribution >= 0.6 is 23.5 Å². The van der Waals surface area contributed by atoms with E-state index in [4.69, 9.17) is 13.3 Å². The summed E-state index contributed by atoms with van der Waals surface area (Å²) < 4.78 is 16.3. The van der Waals surface area contributed by atoms with E-state index in [9.17, 15) is 0 Å². The normalized spacial score (nSPS) is 11.8. The van der Waals surface area contributed by atoms with E-state index in [1.807, 2.05) is 23.5 Å². The number of rotatable bonds is 14. The van der Waals surface area contributed by atoms with Crippen LogP contribution in [0.2, 0.25) is 6.04 Å². The number of benzene rings is 1. The average molecular weight is 389 g/mol. The molecule has 0 spiro atoms. The lowest BCUT2D eigenvalue weighted by molar-refractivity contribution is 0.123. The first-order valence-electron chi connectivity index (χ1n) is 8.58. The molecule has 0 fully saturated rings. The molecule has 0 atom stereocenters. The van der Waals surface area contributed by atoms with Crippen LogP contribution in [-0.2, 0) is 24.8 Å². The van der Waals surface area contributed by atoms with Crippen molar-refractivity contribution in [2.75, 3.05) is 32.8 Å². The minimum atomic E-state index is -2.39. The first-order valence-corrected chi connectivity index (χ1v) is 12.8. The monoisotopic (exact) mass is 388 g/mol. The van der Waals surface area contributed by atoms with Gasteiger partial charge >= 0.3 is 8.80 Å². The van der Waals surface area contributed by atoms with Crippen molar-refractivity contribution in [2.24, 2.45) is 0 Å². The third-order valence-corrected chi connectivity index (χ3v) is 8.97. The van der Waals surface area contributed by atoms with Crippen LogP contribution in [0.15, 0.2) is 24.3 Å². The fraction of sp³-hybridized carbons (Fsp3) is 0.667. The summed E-state index contributed by atoms with van der Waals surface area (Å²) in [7, 11) is 2.64. The first-order chi connectivity index (χ1) is 11.7. The minimum absolute atomic E-state index is 0.872. The maximum absolute atomic E-state index is 5.44. The number of thioether (sulfide) groups is 2. The van der Waals surface area contributed by atoms with Gasteiger partial charge in [0.1, 0.15) is 0 Å². The molecular formula is C18H32O3S2Si. The molecule has 6 heteroatoms. The maximum atomic E-state index is 5.44. The van der Waals surface area contributed by atoms with Crippen molar-refractivity contribution in [1.82, 2.24) is 0 Å². The molecule has 0 aromatic heterocycles. The second kappa shape index (κ2) is 13.3. The predicted octanol–water partition coefficient (Wildman–Crippen LogP) is 5.22. The van der Waals surface area contributed by atoms with Crippen molar-refractivity contribution in [3.8, 4) is 0 Å². The molecule has 0 aliphatic heterocycles. The Hall–Kier alpha value is 0.0169. The smallest absolute Gasteiger partial charge is 0.377 e. The molecule has 3 nitrogen and oxygen atoms in total. The topological polar surface area (TPSA) is 27.7 Å². The highest BCUT2D eigenvalue weighted by molar-refractivity contribution is 7.98. The van der Waals surface area contributed by atoms with Crippen LogP contribution in [0.3, 0.4) is 0 Å². The Morgan fingerprint density at radius 1 is 0.792 bits per heavy atom. The molecule has 0 N–H and O–H groups in total. The molecule has 0 saturated heterocycles. The third-order valence-electron chi connectivity index (χ3n) is 3.91. The molecule has 138 valence electrons. The van der Waals surface area contributed by atoms with Crippen LogP contribution in [0.5, 0.6) is 0 Å². The van der Waals surface area contributed by atoms with Gasteiger partial charge in [-0.25, -0.2) is 0 Å². The summed E-state index contributed by atoms with van der Waals surface area (Å²) in [6, 6.07) is 9.95. The van der Waals surface area contributed by atoms with Gasteiger partial charge in [-0.2, -0.15) is 23.5 Å². The lowest BCUT2D eigenvalue weighted by Gasteiger charge is -2.24. The van der Waals surface area contributed by atoms with Crippen molar-refractivity contribution in [3.63, 3.8) is 0 Å². The van der Waals surface area contributed by atoms with Gasteiger partial charge in [0.2, 0.25) is 0 Å². The van der Waals surface area contributed by atoms with E-state index in [0.717, 1.165) is 29.7 Å². The maximum Gasteiger partial charge on any atom is 0.500 e. The van der Waals surface area contributed by atoms with Crippen molar-refractivity contribution in [3.05, 3.63) is 35.4 Å². The van der Waals surface area contributed by atoms with Crippen LogP contribution in [0, 0.1) is 0 Å². The summed E-state index contributed by atoms with van der Waals surface area (Å²) >= 11 is 3.99. The van der Waals surface area contributed by atoms with Crippen molar-refractivity contribution in [1.29, 1.82) is 0 Å². The van der Waals surface area contributed by atoms with Crippen molar-refractivity contribution >= 4 is 32.3 Å². The highest BCUT2D eigenvalue weighted by Crippen LogP contribution is 2.20. The molecule has 1 aromatic rings. The molecule has 0 bridgehead atoms. The fourth-order valence-electron chi connectivity index (χ4n) is 2.31. The zero-order valence-corrected chi connectivity index (χ0v) is 18.1. The van der Waals surface area contributed by atoms with Gasteiger partial charge in [0.05, 0.1) is 0 Å². The Balaban J connectivity index is 2.21. The Morgan fingerprint density at radius 3 is 1.67 bits per heavy atom. The average Bonchev–Trinajstić information content (AvgIpc) is 2.63. The van der Waals surface area contributed by atoms with Gasteiger partial charge in [0, 0.05) is 38.9 Å². The van der Waals surface area contributed by atoms with E-state index in [1.165, 1.54) is 29.7 Å². The second-order valence-corrected chi connectivity index (χ2v) is 11.0. The zero-order chi connectivity index (χ0) is 17.7. The van der Waals surface area contributed by atoms with Gasteiger partial charge in [-0.1, -0.05) is 37.6 Å². The van der Waals surface area contributed by atoms with Gasteiger partial charge in [0.15, 0.2) is 0 Å². The summed E-state index contributed by atoms with van der Waals surface area (Å²) in [6.45, 7) is 2.25. The summed E-state index contributed by atoms with van der Waals surface area (Å²) in [5.74, 6) is 4.55. The molecule has 0 heterocycles. The number of hydrogen-bond donors (Lipinski definition) is 0. The van der Waals surface area contributed by atoms with Crippen LogP contribution < -0.4 is 0 Å². The summed E-state index contributed by atoms with van der Waals surface area (Å²) in [6.07, 6.45) is 3.66. The van der Waals surface area contributed by atoms with Gasteiger partial charge < -0.3 is 13.3 Å². The summed E-state index contributed by atoms with van der Waals surface area (Å²) in [4.78, 5) is 0. The molecule has 0 aliphatic carbocycles. The summed E-state index contributed by atoms with van der Waals surface area (Å²) in [5, 5.41) is 0. The lowest BCUT2D eigenvalue weighted by Crippen LogP contribution is -2.42. The Morgan fingerprint density at radius 2 is 1.25 bits per heavy atom. The second-order valence-electron chi connectivity index (χ2n) is 5.67. The van der Waals surface area contributed by atoms with Gasteiger partial charge in [0.25, 0.3) is 0 Å². The number of unbranched alkanes of at least 4 members (excludes halogenated alkanes) is 1. The third kappa shape index (κ3) is 8.40. The molecule has 1 aromatic carbocycles. The Kier molecular flexibility index (Phi) is 12.2. The highest BCUT2D eigenvalue weighted by Gasteiger charge is 2.36. The molecule has 0 aliphatic rings. The Labute approximate surface area is 157 Å². The van der Waals surface area contributed by atoms with Gasteiger partial charge in [-0.15, -0.1) is 0 Å². The van der Waals surface area contributed by atoms with E-state index >= 15 is 0 Å². The minimum Gasteiger partial charge on any atom is -0.377 e. The largest absolute Gasteiger partial charge is 0.500 e. The molecule has 0 amide bonds. The molecule has 0 radical (unpaired) electrons.